The number of benzene rings is 4. The molecule has 3 heteroatoms. The van der Waals surface area contributed by atoms with Gasteiger partial charge in [-0.3, -0.25) is 4.79 Å². The zero-order valence-electron chi connectivity index (χ0n) is 16.9. The van der Waals surface area contributed by atoms with Crippen molar-refractivity contribution in [3.05, 3.63) is 107 Å². The number of phenols is 1. The molecule has 0 aromatic heterocycles. The van der Waals surface area contributed by atoms with Gasteiger partial charge in [-0.25, -0.2) is 0 Å². The van der Waals surface area contributed by atoms with Crippen LogP contribution in [0.1, 0.15) is 32.6 Å². The van der Waals surface area contributed by atoms with E-state index in [4.69, 9.17) is 0 Å². The van der Waals surface area contributed by atoms with E-state index in [1.54, 1.807) is 0 Å². The van der Waals surface area contributed by atoms with Crippen LogP contribution in [-0.2, 0) is 0 Å². The summed E-state index contributed by atoms with van der Waals surface area (Å²) in [5, 5.41) is 12.2. The van der Waals surface area contributed by atoms with E-state index >= 15 is 0 Å². The van der Waals surface area contributed by atoms with E-state index in [0.717, 1.165) is 37.9 Å². The van der Waals surface area contributed by atoms with Gasteiger partial charge in [-0.1, -0.05) is 54.6 Å². The highest BCUT2D eigenvalue weighted by Crippen LogP contribution is 2.29. The van der Waals surface area contributed by atoms with Crippen molar-refractivity contribution >= 4 is 39.8 Å². The van der Waals surface area contributed by atoms with Gasteiger partial charge in [0, 0.05) is 10.5 Å². The van der Waals surface area contributed by atoms with Crippen molar-refractivity contribution in [1.82, 2.24) is 0 Å². The molecule has 0 bridgehead atoms. The summed E-state index contributed by atoms with van der Waals surface area (Å²) in [4.78, 5) is 14.1. The minimum absolute atomic E-state index is 0.0182. The maximum absolute atomic E-state index is 13.1. The number of aryl methyl sites for hydroxylation is 2. The van der Waals surface area contributed by atoms with Gasteiger partial charge in [0.05, 0.1) is 0 Å². The standard InChI is InChI=1S/C27H22O2S/c1-18-14-20(15-19(2)26(18)28)12-13-23-16-21-8-6-7-9-22(21)17-25(23)27(29)30-24-10-4-3-5-11-24/h3-17,28H,1-2H3. The maximum atomic E-state index is 13.1. The largest absolute Gasteiger partial charge is 0.507 e. The van der Waals surface area contributed by atoms with E-state index in [1.165, 1.54) is 11.8 Å². The Morgan fingerprint density at radius 1 is 0.800 bits per heavy atom. The first kappa shape index (κ1) is 20.0. The Hall–Kier alpha value is -3.30. The Labute approximate surface area is 180 Å². The molecule has 0 heterocycles. The van der Waals surface area contributed by atoms with Gasteiger partial charge >= 0.3 is 0 Å². The first-order valence-electron chi connectivity index (χ1n) is 9.79. The zero-order chi connectivity index (χ0) is 21.1. The van der Waals surface area contributed by atoms with Crippen molar-refractivity contribution in [3.8, 4) is 5.75 Å². The Kier molecular flexibility index (Phi) is 5.73. The molecule has 4 rings (SSSR count). The number of carbonyl (C=O) groups excluding carboxylic acids is 1. The molecule has 0 saturated carbocycles. The minimum atomic E-state index is 0.0182. The molecule has 0 aliphatic carbocycles. The van der Waals surface area contributed by atoms with E-state index in [-0.39, 0.29) is 5.12 Å². The van der Waals surface area contributed by atoms with Crippen LogP contribution in [0.4, 0.5) is 0 Å². The van der Waals surface area contributed by atoms with Gasteiger partial charge in [0.1, 0.15) is 5.75 Å². The van der Waals surface area contributed by atoms with Crippen molar-refractivity contribution < 1.29 is 9.90 Å². The van der Waals surface area contributed by atoms with Gasteiger partial charge in [0.15, 0.2) is 0 Å². The summed E-state index contributed by atoms with van der Waals surface area (Å²) >= 11 is 1.24. The molecular formula is C27H22O2S. The second-order valence-corrected chi connectivity index (χ2v) is 8.37. The molecule has 2 nitrogen and oxygen atoms in total. The average Bonchev–Trinajstić information content (AvgIpc) is 2.76. The van der Waals surface area contributed by atoms with Gasteiger partial charge in [0.25, 0.3) is 0 Å². The number of carbonyl (C=O) groups is 1. The molecule has 0 aliphatic rings. The molecular weight excluding hydrogens is 388 g/mol. The van der Waals surface area contributed by atoms with Crippen molar-refractivity contribution in [3.63, 3.8) is 0 Å². The van der Waals surface area contributed by atoms with Gasteiger partial charge < -0.3 is 5.11 Å². The fourth-order valence-corrected chi connectivity index (χ4v) is 4.29. The van der Waals surface area contributed by atoms with Crippen LogP contribution in [0.15, 0.2) is 83.8 Å². The van der Waals surface area contributed by atoms with E-state index in [1.807, 2.05) is 92.7 Å². The van der Waals surface area contributed by atoms with E-state index in [2.05, 4.69) is 12.1 Å². The van der Waals surface area contributed by atoms with Gasteiger partial charge in [-0.15, -0.1) is 0 Å². The fourth-order valence-electron chi connectivity index (χ4n) is 3.49. The number of aromatic hydroxyl groups is 1. The lowest BCUT2D eigenvalue weighted by Gasteiger charge is -2.09. The third-order valence-electron chi connectivity index (χ3n) is 5.06. The lowest BCUT2D eigenvalue weighted by molar-refractivity contribution is 0.108. The molecule has 0 unspecified atom stereocenters. The van der Waals surface area contributed by atoms with E-state index < -0.39 is 0 Å². The lowest BCUT2D eigenvalue weighted by atomic mass is 9.99. The minimum Gasteiger partial charge on any atom is -0.507 e. The summed E-state index contributed by atoms with van der Waals surface area (Å²) in [6, 6.07) is 25.7. The van der Waals surface area contributed by atoms with Crippen LogP contribution in [0.2, 0.25) is 0 Å². The molecule has 0 saturated heterocycles. The molecule has 30 heavy (non-hydrogen) atoms. The molecule has 0 radical (unpaired) electrons. The molecule has 0 atom stereocenters. The predicted octanol–water partition coefficient (Wildman–Crippen LogP) is 7.27. The first-order chi connectivity index (χ1) is 14.5. The summed E-state index contributed by atoms with van der Waals surface area (Å²) in [7, 11) is 0. The van der Waals surface area contributed by atoms with Crippen LogP contribution in [0.25, 0.3) is 22.9 Å². The van der Waals surface area contributed by atoms with Crippen LogP contribution < -0.4 is 0 Å². The van der Waals surface area contributed by atoms with Crippen LogP contribution in [0, 0.1) is 13.8 Å². The van der Waals surface area contributed by atoms with Crippen molar-refractivity contribution in [2.24, 2.45) is 0 Å². The van der Waals surface area contributed by atoms with Crippen molar-refractivity contribution in [2.45, 2.75) is 18.7 Å². The first-order valence-corrected chi connectivity index (χ1v) is 10.6. The summed E-state index contributed by atoms with van der Waals surface area (Å²) in [6.45, 7) is 3.78. The summed E-state index contributed by atoms with van der Waals surface area (Å²) in [5.74, 6) is 0.327. The molecule has 0 aliphatic heterocycles. The molecule has 4 aromatic rings. The van der Waals surface area contributed by atoms with Crippen molar-refractivity contribution in [1.29, 1.82) is 0 Å². The van der Waals surface area contributed by atoms with Crippen LogP contribution >= 0.6 is 11.8 Å². The second-order valence-electron chi connectivity index (χ2n) is 7.33. The lowest BCUT2D eigenvalue weighted by Crippen LogP contribution is -1.97. The third kappa shape index (κ3) is 4.32. The third-order valence-corrected chi connectivity index (χ3v) is 5.97. The Bertz CT molecular complexity index is 1230. The number of fused-ring (bicyclic) bond motifs is 1. The van der Waals surface area contributed by atoms with Crippen LogP contribution in [0.3, 0.4) is 0 Å². The number of rotatable bonds is 4. The molecule has 0 spiro atoms. The van der Waals surface area contributed by atoms with Crippen LogP contribution in [0.5, 0.6) is 5.75 Å². The molecule has 0 fully saturated rings. The fraction of sp³-hybridized carbons (Fsp3) is 0.0741. The highest BCUT2D eigenvalue weighted by Gasteiger charge is 2.13. The number of phenolic OH excluding ortho intramolecular Hbond substituents is 1. The Balaban J connectivity index is 1.75. The van der Waals surface area contributed by atoms with Gasteiger partial charge in [-0.2, -0.15) is 0 Å². The highest BCUT2D eigenvalue weighted by molar-refractivity contribution is 8.14. The number of hydrogen-bond acceptors (Lipinski definition) is 3. The summed E-state index contributed by atoms with van der Waals surface area (Å²) in [5.41, 5.74) is 4.23. The normalized spacial score (nSPS) is 11.3. The second kappa shape index (κ2) is 8.60. The number of thioether (sulfide) groups is 1. The summed E-state index contributed by atoms with van der Waals surface area (Å²) in [6.07, 6.45) is 3.98. The number of hydrogen-bond donors (Lipinski definition) is 1. The van der Waals surface area contributed by atoms with Crippen LogP contribution in [-0.4, -0.2) is 10.2 Å². The van der Waals surface area contributed by atoms with Crippen molar-refractivity contribution in [2.75, 3.05) is 0 Å². The SMILES string of the molecule is Cc1cc(C=Cc2cc3ccccc3cc2C(=O)Sc2ccccc2)cc(C)c1O. The van der Waals surface area contributed by atoms with E-state index in [9.17, 15) is 9.90 Å². The van der Waals surface area contributed by atoms with Gasteiger partial charge in [-0.05, 0) is 95.0 Å². The molecule has 0 amide bonds. The predicted molar refractivity (Wildman–Crippen MR) is 127 cm³/mol. The molecule has 1 N–H and O–H groups in total. The zero-order valence-corrected chi connectivity index (χ0v) is 17.7. The smallest absolute Gasteiger partial charge is 0.224 e. The topological polar surface area (TPSA) is 37.3 Å². The maximum Gasteiger partial charge on any atom is 0.224 e. The quantitative estimate of drug-likeness (QED) is 0.284. The monoisotopic (exact) mass is 410 g/mol. The van der Waals surface area contributed by atoms with E-state index in [0.29, 0.717) is 11.3 Å². The Morgan fingerprint density at radius 2 is 1.40 bits per heavy atom. The summed E-state index contributed by atoms with van der Waals surface area (Å²) < 4.78 is 0. The molecule has 4 aromatic carbocycles. The van der Waals surface area contributed by atoms with Gasteiger partial charge in [0.2, 0.25) is 5.12 Å². The average molecular weight is 411 g/mol. The Morgan fingerprint density at radius 3 is 2.07 bits per heavy atom. The molecule has 148 valence electrons. The highest BCUT2D eigenvalue weighted by atomic mass is 32.2.